The lowest BCUT2D eigenvalue weighted by atomic mass is 9.93. The average molecular weight is 298 g/mol. The molecule has 0 fully saturated rings. The normalized spacial score (nSPS) is 12.5. The third kappa shape index (κ3) is 3.85. The molecule has 0 saturated carbocycles. The fourth-order valence-corrected chi connectivity index (χ4v) is 2.73. The van der Waals surface area contributed by atoms with Crippen molar-refractivity contribution < 1.29 is 4.57 Å². The molecular formula is C19H28N3+. The van der Waals surface area contributed by atoms with E-state index in [9.17, 15) is 0 Å². The zero-order valence-electron chi connectivity index (χ0n) is 14.7. The van der Waals surface area contributed by atoms with Crippen molar-refractivity contribution in [3.63, 3.8) is 0 Å². The Hall–Kier alpha value is -1.90. The van der Waals surface area contributed by atoms with Gasteiger partial charge in [0.2, 0.25) is 6.33 Å². The highest BCUT2D eigenvalue weighted by Crippen LogP contribution is 2.34. The van der Waals surface area contributed by atoms with E-state index >= 15 is 0 Å². The summed E-state index contributed by atoms with van der Waals surface area (Å²) in [6.45, 7) is 11.9. The van der Waals surface area contributed by atoms with Crippen LogP contribution < -0.4 is 4.57 Å². The highest BCUT2D eigenvalue weighted by Gasteiger charge is 2.14. The van der Waals surface area contributed by atoms with Gasteiger partial charge in [-0.1, -0.05) is 45.9 Å². The van der Waals surface area contributed by atoms with Gasteiger partial charge in [0.05, 0.1) is 18.4 Å². The number of aliphatic imine (C=N–C) groups is 1. The van der Waals surface area contributed by atoms with Gasteiger partial charge >= 0.3 is 0 Å². The van der Waals surface area contributed by atoms with Gasteiger partial charge in [0.15, 0.2) is 0 Å². The fraction of sp³-hybridized carbons (Fsp3) is 0.474. The molecule has 0 atom stereocenters. The molecule has 2 aromatic rings. The molecule has 3 heteroatoms. The topological polar surface area (TPSA) is 21.2 Å². The molecule has 1 aromatic heterocycles. The molecule has 0 saturated heterocycles. The molecule has 1 aromatic carbocycles. The number of aromatic nitrogens is 2. The van der Waals surface area contributed by atoms with Gasteiger partial charge in [0.1, 0.15) is 18.9 Å². The summed E-state index contributed by atoms with van der Waals surface area (Å²) in [6, 6.07) is 6.57. The van der Waals surface area contributed by atoms with E-state index in [2.05, 4.69) is 80.7 Å². The van der Waals surface area contributed by atoms with Crippen LogP contribution in [0.2, 0.25) is 0 Å². The Bertz CT molecular complexity index is 637. The van der Waals surface area contributed by atoms with Gasteiger partial charge in [-0.25, -0.2) is 9.13 Å². The first-order chi connectivity index (χ1) is 10.4. The van der Waals surface area contributed by atoms with Gasteiger partial charge in [-0.2, -0.15) is 0 Å². The Labute approximate surface area is 134 Å². The highest BCUT2D eigenvalue weighted by molar-refractivity contribution is 5.85. The molecule has 0 aliphatic heterocycles. The summed E-state index contributed by atoms with van der Waals surface area (Å²) < 4.78 is 4.21. The fourth-order valence-electron chi connectivity index (χ4n) is 2.73. The highest BCUT2D eigenvalue weighted by atomic mass is 15.1. The van der Waals surface area contributed by atoms with Crippen molar-refractivity contribution in [2.45, 2.75) is 53.0 Å². The van der Waals surface area contributed by atoms with Crippen molar-refractivity contribution in [2.24, 2.45) is 12.0 Å². The molecule has 0 aliphatic rings. The molecule has 1 heterocycles. The van der Waals surface area contributed by atoms with E-state index in [1.807, 2.05) is 7.05 Å². The maximum Gasteiger partial charge on any atom is 0.243 e. The molecule has 0 aliphatic carbocycles. The van der Waals surface area contributed by atoms with Crippen molar-refractivity contribution in [1.82, 2.24) is 4.57 Å². The number of rotatable bonds is 5. The van der Waals surface area contributed by atoms with Gasteiger partial charge in [0.25, 0.3) is 0 Å². The maximum absolute atomic E-state index is 4.99. The Morgan fingerprint density at radius 3 is 2.18 bits per heavy atom. The third-order valence-corrected chi connectivity index (χ3v) is 3.88. The smallest absolute Gasteiger partial charge is 0.243 e. The van der Waals surface area contributed by atoms with Crippen molar-refractivity contribution >= 4 is 11.4 Å². The summed E-state index contributed by atoms with van der Waals surface area (Å²) in [5.74, 6) is 0.962. The van der Waals surface area contributed by atoms with Crippen LogP contribution in [-0.4, -0.2) is 10.3 Å². The summed E-state index contributed by atoms with van der Waals surface area (Å²) >= 11 is 0. The maximum atomic E-state index is 4.99. The van der Waals surface area contributed by atoms with Gasteiger partial charge < -0.3 is 0 Å². The minimum Gasteiger partial charge on any atom is -0.253 e. The Kier molecular flexibility index (Phi) is 5.17. The van der Waals surface area contributed by atoms with Crippen molar-refractivity contribution in [1.29, 1.82) is 0 Å². The average Bonchev–Trinajstić information content (AvgIpc) is 2.83. The van der Waals surface area contributed by atoms with E-state index in [-0.39, 0.29) is 0 Å². The van der Waals surface area contributed by atoms with Gasteiger partial charge in [-0.05, 0) is 29.9 Å². The van der Waals surface area contributed by atoms with Crippen molar-refractivity contribution in [3.8, 4) is 0 Å². The minimum absolute atomic E-state index is 0.481. The third-order valence-electron chi connectivity index (χ3n) is 3.88. The van der Waals surface area contributed by atoms with Gasteiger partial charge in [0, 0.05) is 0 Å². The summed E-state index contributed by atoms with van der Waals surface area (Å²) in [5, 5.41) is 0. The van der Waals surface area contributed by atoms with Crippen LogP contribution in [0, 0.1) is 0 Å². The predicted octanol–water partition coefficient (Wildman–Crippen LogP) is 4.35. The lowest BCUT2D eigenvalue weighted by Crippen LogP contribution is -2.24. The molecule has 0 amide bonds. The zero-order valence-corrected chi connectivity index (χ0v) is 14.7. The summed E-state index contributed by atoms with van der Waals surface area (Å²) in [6.07, 6.45) is 6.21. The van der Waals surface area contributed by atoms with Crippen LogP contribution >= 0.6 is 0 Å². The number of imidazole rings is 1. The molecular weight excluding hydrogens is 270 g/mol. The van der Waals surface area contributed by atoms with E-state index in [1.54, 1.807) is 0 Å². The van der Waals surface area contributed by atoms with Crippen molar-refractivity contribution in [3.05, 3.63) is 48.0 Å². The Morgan fingerprint density at radius 1 is 1.14 bits per heavy atom. The molecule has 0 spiro atoms. The second-order valence-corrected chi connectivity index (χ2v) is 6.69. The van der Waals surface area contributed by atoms with Crippen LogP contribution in [0.3, 0.4) is 0 Å². The summed E-state index contributed by atoms with van der Waals surface area (Å²) in [5.41, 5.74) is 4.97. The lowest BCUT2D eigenvalue weighted by molar-refractivity contribution is -0.671. The molecule has 118 valence electrons. The van der Waals surface area contributed by atoms with E-state index in [1.165, 1.54) is 16.8 Å². The molecule has 0 radical (unpaired) electrons. The predicted molar refractivity (Wildman–Crippen MR) is 93.0 cm³/mol. The Morgan fingerprint density at radius 2 is 1.73 bits per heavy atom. The number of para-hydroxylation sites is 1. The molecule has 0 unspecified atom stereocenters. The SMILES string of the molecule is CC(Cn1cc[n+](C)c1)=Nc1c(C(C)C)cccc1C(C)C. The van der Waals surface area contributed by atoms with Crippen LogP contribution in [0.1, 0.15) is 57.6 Å². The molecule has 0 N–H and O–H groups in total. The second-order valence-electron chi connectivity index (χ2n) is 6.69. The van der Waals surface area contributed by atoms with Crippen LogP contribution in [0.25, 0.3) is 0 Å². The number of nitrogens with zero attached hydrogens (tertiary/aromatic N) is 3. The van der Waals surface area contributed by atoms with E-state index < -0.39 is 0 Å². The van der Waals surface area contributed by atoms with Crippen LogP contribution in [-0.2, 0) is 13.6 Å². The quantitative estimate of drug-likeness (QED) is 0.578. The number of hydrogen-bond donors (Lipinski definition) is 0. The van der Waals surface area contributed by atoms with Gasteiger partial charge in [-0.3, -0.25) is 4.99 Å². The molecule has 3 nitrogen and oxygen atoms in total. The van der Waals surface area contributed by atoms with E-state index in [4.69, 9.17) is 4.99 Å². The monoisotopic (exact) mass is 298 g/mol. The molecule has 22 heavy (non-hydrogen) atoms. The second kappa shape index (κ2) is 6.91. The first-order valence-corrected chi connectivity index (χ1v) is 8.06. The van der Waals surface area contributed by atoms with E-state index in [0.29, 0.717) is 11.8 Å². The first kappa shape index (κ1) is 16.5. The number of aryl methyl sites for hydroxylation is 1. The number of benzene rings is 1. The number of hydrogen-bond acceptors (Lipinski definition) is 1. The first-order valence-electron chi connectivity index (χ1n) is 8.06. The van der Waals surface area contributed by atoms with Crippen LogP contribution in [0.4, 0.5) is 5.69 Å². The van der Waals surface area contributed by atoms with E-state index in [0.717, 1.165) is 12.3 Å². The molecule has 2 rings (SSSR count). The Balaban J connectivity index is 2.39. The largest absolute Gasteiger partial charge is 0.253 e. The zero-order chi connectivity index (χ0) is 16.3. The lowest BCUT2D eigenvalue weighted by Gasteiger charge is -2.16. The standard InChI is InChI=1S/C19H28N3/c1-14(2)17-8-7-9-18(15(3)4)19(17)20-16(5)12-22-11-10-21(6)13-22/h7-11,13-15H,12H2,1-6H3/q+1. The summed E-state index contributed by atoms with van der Waals surface area (Å²) in [4.78, 5) is 4.99. The van der Waals surface area contributed by atoms with Crippen molar-refractivity contribution in [2.75, 3.05) is 0 Å². The van der Waals surface area contributed by atoms with Crippen LogP contribution in [0.5, 0.6) is 0 Å². The molecule has 0 bridgehead atoms. The summed E-state index contributed by atoms with van der Waals surface area (Å²) in [7, 11) is 2.04. The minimum atomic E-state index is 0.481. The van der Waals surface area contributed by atoms with Crippen LogP contribution in [0.15, 0.2) is 41.9 Å². The van der Waals surface area contributed by atoms with Gasteiger partial charge in [-0.15, -0.1) is 0 Å².